The van der Waals surface area contributed by atoms with Gasteiger partial charge in [-0.2, -0.15) is 0 Å². The fourth-order valence-corrected chi connectivity index (χ4v) is 1.72. The number of amides is 1. The molecule has 1 unspecified atom stereocenters. The van der Waals surface area contributed by atoms with Crippen LogP contribution in [0.5, 0.6) is 0 Å². The van der Waals surface area contributed by atoms with E-state index in [0.717, 1.165) is 5.56 Å². The summed E-state index contributed by atoms with van der Waals surface area (Å²) in [4.78, 5) is 13.2. The number of hydrogen-bond acceptors (Lipinski definition) is 2. The van der Waals surface area contributed by atoms with E-state index in [1.165, 1.54) is 5.56 Å². The monoisotopic (exact) mass is 248 g/mol. The first-order valence-corrected chi connectivity index (χ1v) is 6.28. The van der Waals surface area contributed by atoms with E-state index in [9.17, 15) is 4.79 Å². The van der Waals surface area contributed by atoms with E-state index < -0.39 is 0 Å². The average molecular weight is 248 g/mol. The first-order chi connectivity index (χ1) is 8.21. The molecular weight excluding hydrogens is 224 g/mol. The van der Waals surface area contributed by atoms with Crippen molar-refractivity contribution >= 4 is 5.91 Å². The van der Waals surface area contributed by atoms with E-state index in [2.05, 4.69) is 32.9 Å². The van der Waals surface area contributed by atoms with Gasteiger partial charge in [-0.3, -0.25) is 4.79 Å². The molecule has 0 heterocycles. The quantitative estimate of drug-likeness (QED) is 0.893. The summed E-state index contributed by atoms with van der Waals surface area (Å²) >= 11 is 0. The van der Waals surface area contributed by atoms with Crippen LogP contribution in [0.15, 0.2) is 24.3 Å². The molecule has 18 heavy (non-hydrogen) atoms. The molecule has 0 aliphatic rings. The van der Waals surface area contributed by atoms with Gasteiger partial charge >= 0.3 is 0 Å². The van der Waals surface area contributed by atoms with Gasteiger partial charge in [-0.1, -0.05) is 45.0 Å². The minimum Gasteiger partial charge on any atom is -0.349 e. The third kappa shape index (κ3) is 3.84. The van der Waals surface area contributed by atoms with E-state index in [4.69, 9.17) is 5.73 Å². The fraction of sp³-hybridized carbons (Fsp3) is 0.533. The molecule has 0 aliphatic carbocycles. The SMILES string of the molecule is CN(C)C(=O)CC(N)c1ccc(C(C)(C)C)cc1. The summed E-state index contributed by atoms with van der Waals surface area (Å²) in [7, 11) is 3.50. The highest BCUT2D eigenvalue weighted by molar-refractivity contribution is 5.76. The van der Waals surface area contributed by atoms with Crippen LogP contribution in [0.4, 0.5) is 0 Å². The number of nitrogens with zero attached hydrogens (tertiary/aromatic N) is 1. The molecule has 0 spiro atoms. The van der Waals surface area contributed by atoms with Gasteiger partial charge in [-0.15, -0.1) is 0 Å². The maximum absolute atomic E-state index is 11.6. The molecule has 0 aromatic heterocycles. The maximum Gasteiger partial charge on any atom is 0.223 e. The second-order valence-electron chi connectivity index (χ2n) is 5.97. The van der Waals surface area contributed by atoms with Crippen LogP contribution in [0.25, 0.3) is 0 Å². The van der Waals surface area contributed by atoms with Gasteiger partial charge in [0.1, 0.15) is 0 Å². The molecule has 1 aromatic carbocycles. The summed E-state index contributed by atoms with van der Waals surface area (Å²) in [6.45, 7) is 6.53. The highest BCUT2D eigenvalue weighted by Gasteiger charge is 2.16. The highest BCUT2D eigenvalue weighted by atomic mass is 16.2. The normalized spacial score (nSPS) is 13.2. The third-order valence-electron chi connectivity index (χ3n) is 3.10. The maximum atomic E-state index is 11.6. The Morgan fingerprint density at radius 3 is 2.11 bits per heavy atom. The van der Waals surface area contributed by atoms with Crippen molar-refractivity contribution in [3.05, 3.63) is 35.4 Å². The lowest BCUT2D eigenvalue weighted by molar-refractivity contribution is -0.129. The molecule has 100 valence electrons. The van der Waals surface area contributed by atoms with Crippen LogP contribution >= 0.6 is 0 Å². The number of carbonyl (C=O) groups excluding carboxylic acids is 1. The Kier molecular flexibility index (Phi) is 4.52. The van der Waals surface area contributed by atoms with E-state index in [-0.39, 0.29) is 17.4 Å². The summed E-state index contributed by atoms with van der Waals surface area (Å²) in [5, 5.41) is 0. The second kappa shape index (κ2) is 5.53. The van der Waals surface area contributed by atoms with Gasteiger partial charge < -0.3 is 10.6 Å². The van der Waals surface area contributed by atoms with Crippen LogP contribution in [-0.2, 0) is 10.2 Å². The Balaban J connectivity index is 2.76. The van der Waals surface area contributed by atoms with Crippen LogP contribution in [0.2, 0.25) is 0 Å². The van der Waals surface area contributed by atoms with Gasteiger partial charge in [0.15, 0.2) is 0 Å². The molecule has 0 radical (unpaired) electrons. The molecule has 0 saturated heterocycles. The minimum absolute atomic E-state index is 0.0578. The predicted molar refractivity (Wildman–Crippen MR) is 75.4 cm³/mol. The van der Waals surface area contributed by atoms with Gasteiger partial charge in [0.2, 0.25) is 5.91 Å². The standard InChI is InChI=1S/C15H24N2O/c1-15(2,3)12-8-6-11(7-9-12)13(16)10-14(18)17(4)5/h6-9,13H,10,16H2,1-5H3. The van der Waals surface area contributed by atoms with Gasteiger partial charge in [0.25, 0.3) is 0 Å². The molecule has 1 aromatic rings. The van der Waals surface area contributed by atoms with Crippen molar-refractivity contribution in [3.63, 3.8) is 0 Å². The average Bonchev–Trinajstić information content (AvgIpc) is 2.27. The predicted octanol–water partition coefficient (Wildman–Crippen LogP) is 2.46. The zero-order valence-electron chi connectivity index (χ0n) is 12.0. The summed E-state index contributed by atoms with van der Waals surface area (Å²) in [6, 6.07) is 8.00. The molecule has 0 bridgehead atoms. The topological polar surface area (TPSA) is 46.3 Å². The van der Waals surface area contributed by atoms with Crippen molar-refractivity contribution in [3.8, 4) is 0 Å². The molecule has 1 atom stereocenters. The zero-order chi connectivity index (χ0) is 13.9. The summed E-state index contributed by atoms with van der Waals surface area (Å²) in [5.74, 6) is 0.0578. The number of hydrogen-bond donors (Lipinski definition) is 1. The first-order valence-electron chi connectivity index (χ1n) is 6.28. The molecule has 1 amide bonds. The van der Waals surface area contributed by atoms with Crippen LogP contribution in [0.1, 0.15) is 44.4 Å². The smallest absolute Gasteiger partial charge is 0.223 e. The molecule has 0 fully saturated rings. The number of carbonyl (C=O) groups is 1. The lowest BCUT2D eigenvalue weighted by Crippen LogP contribution is -2.26. The number of benzene rings is 1. The van der Waals surface area contributed by atoms with Crippen molar-refractivity contribution in [1.82, 2.24) is 4.90 Å². The Bertz CT molecular complexity index is 401. The largest absolute Gasteiger partial charge is 0.349 e. The molecule has 0 saturated carbocycles. The van der Waals surface area contributed by atoms with Crippen molar-refractivity contribution in [1.29, 1.82) is 0 Å². The Labute approximate surface area is 110 Å². The molecule has 0 aliphatic heterocycles. The fourth-order valence-electron chi connectivity index (χ4n) is 1.72. The van der Waals surface area contributed by atoms with Crippen LogP contribution in [-0.4, -0.2) is 24.9 Å². The van der Waals surface area contributed by atoms with Crippen LogP contribution in [0, 0.1) is 0 Å². The summed E-state index contributed by atoms with van der Waals surface area (Å²) < 4.78 is 0. The van der Waals surface area contributed by atoms with Gasteiger partial charge in [0, 0.05) is 26.6 Å². The minimum atomic E-state index is -0.228. The van der Waals surface area contributed by atoms with Crippen molar-refractivity contribution in [2.45, 2.75) is 38.6 Å². The highest BCUT2D eigenvalue weighted by Crippen LogP contribution is 2.24. The van der Waals surface area contributed by atoms with Crippen molar-refractivity contribution in [2.75, 3.05) is 14.1 Å². The third-order valence-corrected chi connectivity index (χ3v) is 3.10. The Hall–Kier alpha value is -1.35. The van der Waals surface area contributed by atoms with Gasteiger partial charge in [-0.25, -0.2) is 0 Å². The van der Waals surface area contributed by atoms with Gasteiger partial charge in [-0.05, 0) is 16.5 Å². The Morgan fingerprint density at radius 2 is 1.72 bits per heavy atom. The molecule has 3 heteroatoms. The van der Waals surface area contributed by atoms with E-state index in [1.54, 1.807) is 19.0 Å². The molecule has 2 N–H and O–H groups in total. The van der Waals surface area contributed by atoms with Gasteiger partial charge in [0.05, 0.1) is 0 Å². The van der Waals surface area contributed by atoms with E-state index >= 15 is 0 Å². The van der Waals surface area contributed by atoms with Crippen LogP contribution in [0.3, 0.4) is 0 Å². The second-order valence-corrected chi connectivity index (χ2v) is 5.97. The van der Waals surface area contributed by atoms with Crippen molar-refractivity contribution < 1.29 is 4.79 Å². The Morgan fingerprint density at radius 1 is 1.22 bits per heavy atom. The number of nitrogens with two attached hydrogens (primary N) is 1. The number of rotatable bonds is 3. The molecule has 1 rings (SSSR count). The van der Waals surface area contributed by atoms with Crippen molar-refractivity contribution in [2.24, 2.45) is 5.73 Å². The van der Waals surface area contributed by atoms with E-state index in [0.29, 0.717) is 6.42 Å². The summed E-state index contributed by atoms with van der Waals surface area (Å²) in [5.41, 5.74) is 8.47. The molecule has 3 nitrogen and oxygen atoms in total. The zero-order valence-corrected chi connectivity index (χ0v) is 12.0. The van der Waals surface area contributed by atoms with Crippen LogP contribution < -0.4 is 5.73 Å². The first kappa shape index (κ1) is 14.7. The lowest BCUT2D eigenvalue weighted by Gasteiger charge is -2.20. The molecular formula is C15H24N2O. The lowest BCUT2D eigenvalue weighted by atomic mass is 9.86. The van der Waals surface area contributed by atoms with E-state index in [1.807, 2.05) is 12.1 Å². The summed E-state index contributed by atoms with van der Waals surface area (Å²) in [6.07, 6.45) is 0.349.